The minimum Gasteiger partial charge on any atom is -0.496 e. The number of hydrogen-bond donors (Lipinski definition) is 2. The number of methoxy groups -OCH3 is 1. The number of hydrogen-bond acceptors (Lipinski definition) is 4. The van der Waals surface area contributed by atoms with Gasteiger partial charge in [0.1, 0.15) is 11.4 Å². The van der Waals surface area contributed by atoms with E-state index in [0.29, 0.717) is 17.0 Å². The van der Waals surface area contributed by atoms with E-state index in [1.54, 1.807) is 32.0 Å². The van der Waals surface area contributed by atoms with E-state index >= 15 is 0 Å². The van der Waals surface area contributed by atoms with Gasteiger partial charge in [-0.25, -0.2) is 0 Å². The highest BCUT2D eigenvalue weighted by Gasteiger charge is 2.19. The summed E-state index contributed by atoms with van der Waals surface area (Å²) < 4.78 is 6.90. The number of aromatic nitrogens is 2. The van der Waals surface area contributed by atoms with Gasteiger partial charge in [-0.1, -0.05) is 12.1 Å². The Labute approximate surface area is 123 Å². The van der Waals surface area contributed by atoms with Crippen molar-refractivity contribution in [2.75, 3.05) is 13.7 Å². The molecule has 1 unspecified atom stereocenters. The Morgan fingerprint density at radius 3 is 2.86 bits per heavy atom. The van der Waals surface area contributed by atoms with Crippen molar-refractivity contribution in [3.8, 4) is 17.0 Å². The maximum atomic E-state index is 12.2. The van der Waals surface area contributed by atoms with Crippen LogP contribution >= 0.6 is 0 Å². The number of rotatable bonds is 5. The molecule has 0 aliphatic heterocycles. The number of benzene rings is 1. The molecule has 0 fully saturated rings. The smallest absolute Gasteiger partial charge is 0.255 e. The summed E-state index contributed by atoms with van der Waals surface area (Å²) >= 11 is 0. The molecule has 0 spiro atoms. The maximum absolute atomic E-state index is 12.2. The fourth-order valence-corrected chi connectivity index (χ4v) is 2.03. The summed E-state index contributed by atoms with van der Waals surface area (Å²) in [5.41, 5.74) is 1.75. The van der Waals surface area contributed by atoms with E-state index in [1.165, 1.54) is 0 Å². The molecule has 0 saturated carbocycles. The Morgan fingerprint density at radius 2 is 2.19 bits per heavy atom. The van der Waals surface area contributed by atoms with Crippen LogP contribution in [0.25, 0.3) is 11.3 Å². The standard InChI is InChI=1S/C15H19N3O3/c1-10(19)8-16-15(20)12-9-18(2)17-14(12)11-6-4-5-7-13(11)21-3/h4-7,9-10,19H,8H2,1-3H3,(H,16,20). The number of carbonyl (C=O) groups excluding carboxylic acids is 1. The molecule has 6 heteroatoms. The van der Waals surface area contributed by atoms with Crippen LogP contribution in [0.15, 0.2) is 30.5 Å². The monoisotopic (exact) mass is 289 g/mol. The zero-order chi connectivity index (χ0) is 15.4. The number of amides is 1. The van der Waals surface area contributed by atoms with Crippen LogP contribution in [0.2, 0.25) is 0 Å². The normalized spacial score (nSPS) is 12.0. The van der Waals surface area contributed by atoms with E-state index in [9.17, 15) is 9.90 Å². The van der Waals surface area contributed by atoms with Crippen LogP contribution in [0.3, 0.4) is 0 Å². The molecule has 1 aromatic heterocycles. The summed E-state index contributed by atoms with van der Waals surface area (Å²) in [4.78, 5) is 12.2. The van der Waals surface area contributed by atoms with E-state index in [2.05, 4.69) is 10.4 Å². The SMILES string of the molecule is COc1ccccc1-c1nn(C)cc1C(=O)NCC(C)O. The topological polar surface area (TPSA) is 76.4 Å². The number of para-hydroxylation sites is 1. The van der Waals surface area contributed by atoms with Gasteiger partial charge in [0, 0.05) is 25.4 Å². The van der Waals surface area contributed by atoms with Crippen LogP contribution in [-0.2, 0) is 7.05 Å². The van der Waals surface area contributed by atoms with Gasteiger partial charge in [0.25, 0.3) is 5.91 Å². The average Bonchev–Trinajstić information content (AvgIpc) is 2.86. The molecule has 1 aromatic carbocycles. The fraction of sp³-hybridized carbons (Fsp3) is 0.333. The van der Waals surface area contributed by atoms with Crippen LogP contribution in [0.5, 0.6) is 5.75 Å². The Balaban J connectivity index is 2.39. The zero-order valence-electron chi connectivity index (χ0n) is 12.3. The Kier molecular flexibility index (Phi) is 4.59. The number of carbonyl (C=O) groups is 1. The van der Waals surface area contributed by atoms with Crippen LogP contribution in [-0.4, -0.2) is 40.6 Å². The molecule has 0 saturated heterocycles. The van der Waals surface area contributed by atoms with E-state index < -0.39 is 6.10 Å². The van der Waals surface area contributed by atoms with Gasteiger partial charge in [0.15, 0.2) is 0 Å². The quantitative estimate of drug-likeness (QED) is 0.867. The number of aliphatic hydroxyl groups excluding tert-OH is 1. The molecule has 6 nitrogen and oxygen atoms in total. The summed E-state index contributed by atoms with van der Waals surface area (Å²) in [6.07, 6.45) is 1.06. The lowest BCUT2D eigenvalue weighted by atomic mass is 10.1. The van der Waals surface area contributed by atoms with Crippen molar-refractivity contribution in [3.63, 3.8) is 0 Å². The van der Waals surface area contributed by atoms with Crippen molar-refractivity contribution >= 4 is 5.91 Å². The Hall–Kier alpha value is -2.34. The molecule has 0 aliphatic rings. The Bertz CT molecular complexity index is 635. The fourth-order valence-electron chi connectivity index (χ4n) is 2.03. The number of aliphatic hydroxyl groups is 1. The van der Waals surface area contributed by atoms with Gasteiger partial charge < -0.3 is 15.2 Å². The van der Waals surface area contributed by atoms with Crippen LogP contribution in [0.1, 0.15) is 17.3 Å². The molecule has 2 aromatic rings. The van der Waals surface area contributed by atoms with Gasteiger partial charge in [-0.15, -0.1) is 0 Å². The molecule has 1 atom stereocenters. The molecule has 0 radical (unpaired) electrons. The van der Waals surface area contributed by atoms with Gasteiger partial charge in [-0.05, 0) is 19.1 Å². The lowest BCUT2D eigenvalue weighted by molar-refractivity contribution is 0.0924. The number of nitrogens with zero attached hydrogens (tertiary/aromatic N) is 2. The lowest BCUT2D eigenvalue weighted by Crippen LogP contribution is -2.30. The van der Waals surface area contributed by atoms with Crippen molar-refractivity contribution in [3.05, 3.63) is 36.0 Å². The van der Waals surface area contributed by atoms with Gasteiger partial charge in [-0.2, -0.15) is 5.10 Å². The first-order valence-corrected chi connectivity index (χ1v) is 6.66. The highest BCUT2D eigenvalue weighted by molar-refractivity contribution is 6.00. The third-order valence-corrected chi connectivity index (χ3v) is 2.99. The number of nitrogens with one attached hydrogen (secondary N) is 1. The predicted molar refractivity (Wildman–Crippen MR) is 79.2 cm³/mol. The van der Waals surface area contributed by atoms with Crippen LogP contribution in [0.4, 0.5) is 0 Å². The molecular formula is C15H19N3O3. The second-order valence-corrected chi connectivity index (χ2v) is 4.82. The number of aryl methyl sites for hydroxylation is 1. The summed E-state index contributed by atoms with van der Waals surface area (Å²) in [5, 5.41) is 16.3. The van der Waals surface area contributed by atoms with Crippen LogP contribution in [0, 0.1) is 0 Å². The third-order valence-electron chi connectivity index (χ3n) is 2.99. The van der Waals surface area contributed by atoms with Crippen molar-refractivity contribution in [1.29, 1.82) is 0 Å². The van der Waals surface area contributed by atoms with Crippen molar-refractivity contribution in [1.82, 2.24) is 15.1 Å². The van der Waals surface area contributed by atoms with E-state index in [4.69, 9.17) is 4.74 Å². The van der Waals surface area contributed by atoms with E-state index in [0.717, 1.165) is 5.56 Å². The first-order chi connectivity index (χ1) is 10.0. The van der Waals surface area contributed by atoms with Gasteiger partial charge in [0.05, 0.1) is 18.8 Å². The number of ether oxygens (including phenoxy) is 1. The van der Waals surface area contributed by atoms with E-state index in [-0.39, 0.29) is 12.5 Å². The maximum Gasteiger partial charge on any atom is 0.255 e. The largest absolute Gasteiger partial charge is 0.496 e. The van der Waals surface area contributed by atoms with Gasteiger partial charge in [0.2, 0.25) is 0 Å². The summed E-state index contributed by atoms with van der Waals surface area (Å²) in [6.45, 7) is 1.81. The zero-order valence-corrected chi connectivity index (χ0v) is 12.3. The molecule has 1 heterocycles. The Morgan fingerprint density at radius 1 is 1.48 bits per heavy atom. The van der Waals surface area contributed by atoms with Gasteiger partial charge in [-0.3, -0.25) is 9.48 Å². The van der Waals surface area contributed by atoms with Crippen molar-refractivity contribution in [2.24, 2.45) is 7.05 Å². The molecule has 2 N–H and O–H groups in total. The molecule has 2 rings (SSSR count). The van der Waals surface area contributed by atoms with E-state index in [1.807, 2.05) is 24.3 Å². The van der Waals surface area contributed by atoms with Crippen LogP contribution < -0.4 is 10.1 Å². The second kappa shape index (κ2) is 6.41. The highest BCUT2D eigenvalue weighted by atomic mass is 16.5. The molecule has 1 amide bonds. The minimum absolute atomic E-state index is 0.194. The second-order valence-electron chi connectivity index (χ2n) is 4.82. The van der Waals surface area contributed by atoms with Crippen molar-refractivity contribution in [2.45, 2.75) is 13.0 Å². The van der Waals surface area contributed by atoms with Crippen molar-refractivity contribution < 1.29 is 14.6 Å². The first kappa shape index (κ1) is 15.1. The first-order valence-electron chi connectivity index (χ1n) is 6.66. The molecule has 0 bridgehead atoms. The molecule has 21 heavy (non-hydrogen) atoms. The summed E-state index contributed by atoms with van der Waals surface area (Å²) in [7, 11) is 3.33. The minimum atomic E-state index is -0.597. The average molecular weight is 289 g/mol. The molecule has 0 aliphatic carbocycles. The van der Waals surface area contributed by atoms with Gasteiger partial charge >= 0.3 is 0 Å². The summed E-state index contributed by atoms with van der Waals surface area (Å²) in [6, 6.07) is 7.40. The molecule has 112 valence electrons. The highest BCUT2D eigenvalue weighted by Crippen LogP contribution is 2.30. The predicted octanol–water partition coefficient (Wildman–Crippen LogP) is 1.21. The lowest BCUT2D eigenvalue weighted by Gasteiger charge is -2.09. The summed E-state index contributed by atoms with van der Waals surface area (Å²) in [5.74, 6) is 0.380. The third kappa shape index (κ3) is 3.41. The molecular weight excluding hydrogens is 270 g/mol.